The Morgan fingerprint density at radius 3 is 2.23 bits per heavy atom. The largest absolute Gasteiger partial charge is 0.481 e. The summed E-state index contributed by atoms with van der Waals surface area (Å²) >= 11 is 0. The van der Waals surface area contributed by atoms with Gasteiger partial charge in [-0.25, -0.2) is 0 Å². The van der Waals surface area contributed by atoms with E-state index in [0.29, 0.717) is 19.4 Å². The Morgan fingerprint density at radius 1 is 1.05 bits per heavy atom. The van der Waals surface area contributed by atoms with E-state index >= 15 is 0 Å². The highest BCUT2D eigenvalue weighted by atomic mass is 16.4. The van der Waals surface area contributed by atoms with Crippen molar-refractivity contribution in [1.29, 1.82) is 0 Å². The van der Waals surface area contributed by atoms with Gasteiger partial charge in [-0.15, -0.1) is 0 Å². The van der Waals surface area contributed by atoms with Gasteiger partial charge in [0.15, 0.2) is 0 Å². The van der Waals surface area contributed by atoms with Gasteiger partial charge < -0.3 is 10.4 Å². The number of aryl methyl sites for hydroxylation is 1. The van der Waals surface area contributed by atoms with Crippen LogP contribution in [-0.4, -0.2) is 23.5 Å². The number of aliphatic carboxylic acids is 1. The van der Waals surface area contributed by atoms with Crippen molar-refractivity contribution in [1.82, 2.24) is 5.32 Å². The van der Waals surface area contributed by atoms with Crippen molar-refractivity contribution in [3.8, 4) is 0 Å². The third kappa shape index (κ3) is 7.25. The third-order valence-corrected chi connectivity index (χ3v) is 3.58. The summed E-state index contributed by atoms with van der Waals surface area (Å²) < 4.78 is 0. The zero-order chi connectivity index (χ0) is 16.6. The number of carbonyl (C=O) groups is 2. The first kappa shape index (κ1) is 18.2. The molecule has 0 heterocycles. The summed E-state index contributed by atoms with van der Waals surface area (Å²) in [7, 11) is 0. The van der Waals surface area contributed by atoms with Crippen molar-refractivity contribution in [3.63, 3.8) is 0 Å². The highest BCUT2D eigenvalue weighted by Crippen LogP contribution is 2.22. The molecule has 0 bridgehead atoms. The van der Waals surface area contributed by atoms with E-state index in [0.717, 1.165) is 12.8 Å². The molecule has 1 rings (SSSR count). The number of hydrogen-bond acceptors (Lipinski definition) is 2. The van der Waals surface area contributed by atoms with Gasteiger partial charge in [-0.2, -0.15) is 0 Å². The van der Waals surface area contributed by atoms with E-state index in [-0.39, 0.29) is 17.7 Å². The van der Waals surface area contributed by atoms with Crippen LogP contribution in [0.1, 0.15) is 57.6 Å². The maximum atomic E-state index is 11.6. The van der Waals surface area contributed by atoms with Gasteiger partial charge in [0.05, 0.1) is 0 Å². The number of amides is 1. The molecule has 2 N–H and O–H groups in total. The summed E-state index contributed by atoms with van der Waals surface area (Å²) in [6.45, 7) is 7.01. The van der Waals surface area contributed by atoms with Gasteiger partial charge in [0.25, 0.3) is 0 Å². The average Bonchev–Trinajstić information content (AvgIpc) is 2.43. The van der Waals surface area contributed by atoms with E-state index in [1.807, 2.05) is 0 Å². The molecule has 0 saturated carbocycles. The maximum Gasteiger partial charge on any atom is 0.303 e. The predicted octanol–water partition coefficient (Wildman–Crippen LogP) is 3.29. The Balaban J connectivity index is 2.23. The number of carboxylic acid groups (broad SMARTS) is 1. The normalized spacial score (nSPS) is 11.2. The standard InChI is InChI=1S/C18H27NO3/c1-18(2,3)15-11-9-14(10-12-15)6-4-7-16(20)19-13-5-8-17(21)22/h9-12H,4-8,13H2,1-3H3,(H,19,20)(H,21,22). The van der Waals surface area contributed by atoms with Gasteiger partial charge >= 0.3 is 5.97 Å². The molecule has 0 atom stereocenters. The minimum absolute atomic E-state index is 0.00306. The van der Waals surface area contributed by atoms with Gasteiger partial charge in [0.1, 0.15) is 0 Å². The summed E-state index contributed by atoms with van der Waals surface area (Å²) in [6, 6.07) is 8.57. The summed E-state index contributed by atoms with van der Waals surface area (Å²) in [5.41, 5.74) is 2.72. The van der Waals surface area contributed by atoms with Crippen molar-refractivity contribution in [2.45, 2.75) is 58.3 Å². The van der Waals surface area contributed by atoms with Crippen LogP contribution in [0.25, 0.3) is 0 Å². The van der Waals surface area contributed by atoms with Crippen LogP contribution in [0.15, 0.2) is 24.3 Å². The second-order valence-corrected chi connectivity index (χ2v) is 6.65. The molecule has 1 amide bonds. The van der Waals surface area contributed by atoms with Crippen molar-refractivity contribution >= 4 is 11.9 Å². The molecule has 0 unspecified atom stereocenters. The van der Waals surface area contributed by atoms with Gasteiger partial charge in [0.2, 0.25) is 5.91 Å². The molecular weight excluding hydrogens is 278 g/mol. The highest BCUT2D eigenvalue weighted by Gasteiger charge is 2.12. The molecule has 0 aromatic heterocycles. The topological polar surface area (TPSA) is 66.4 Å². The average molecular weight is 305 g/mol. The van der Waals surface area contributed by atoms with Crippen molar-refractivity contribution in [2.24, 2.45) is 0 Å². The first-order valence-corrected chi connectivity index (χ1v) is 7.87. The molecule has 1 aromatic rings. The fourth-order valence-electron chi connectivity index (χ4n) is 2.18. The molecule has 122 valence electrons. The van der Waals surface area contributed by atoms with Crippen LogP contribution in [0, 0.1) is 0 Å². The lowest BCUT2D eigenvalue weighted by Crippen LogP contribution is -2.24. The Labute approximate surface area is 132 Å². The minimum atomic E-state index is -0.826. The molecule has 0 aliphatic carbocycles. The predicted molar refractivity (Wildman–Crippen MR) is 88.0 cm³/mol. The van der Waals surface area contributed by atoms with E-state index in [1.54, 1.807) is 0 Å². The molecule has 0 spiro atoms. The second kappa shape index (κ2) is 8.57. The van der Waals surface area contributed by atoms with E-state index in [1.165, 1.54) is 11.1 Å². The van der Waals surface area contributed by atoms with Crippen LogP contribution >= 0.6 is 0 Å². The molecule has 0 fully saturated rings. The lowest BCUT2D eigenvalue weighted by atomic mass is 9.86. The molecule has 4 nitrogen and oxygen atoms in total. The van der Waals surface area contributed by atoms with E-state index in [9.17, 15) is 9.59 Å². The number of carboxylic acids is 1. The number of hydrogen-bond donors (Lipinski definition) is 2. The Bertz CT molecular complexity index is 486. The fourth-order valence-corrected chi connectivity index (χ4v) is 2.18. The lowest BCUT2D eigenvalue weighted by molar-refractivity contribution is -0.137. The van der Waals surface area contributed by atoms with Crippen LogP contribution in [0.4, 0.5) is 0 Å². The first-order valence-electron chi connectivity index (χ1n) is 7.87. The molecular formula is C18H27NO3. The Hall–Kier alpha value is -1.84. The Kier molecular flexibility index (Phi) is 7.09. The van der Waals surface area contributed by atoms with Crippen molar-refractivity contribution in [3.05, 3.63) is 35.4 Å². The zero-order valence-electron chi connectivity index (χ0n) is 13.8. The lowest BCUT2D eigenvalue weighted by Gasteiger charge is -2.19. The third-order valence-electron chi connectivity index (χ3n) is 3.58. The molecule has 0 radical (unpaired) electrons. The van der Waals surface area contributed by atoms with Gasteiger partial charge in [-0.05, 0) is 35.8 Å². The van der Waals surface area contributed by atoms with Gasteiger partial charge in [-0.3, -0.25) is 9.59 Å². The highest BCUT2D eigenvalue weighted by molar-refractivity contribution is 5.75. The Morgan fingerprint density at radius 2 is 1.68 bits per heavy atom. The SMILES string of the molecule is CC(C)(C)c1ccc(CCCC(=O)NCCCC(=O)O)cc1. The summed E-state index contributed by atoms with van der Waals surface area (Å²) in [5, 5.41) is 11.3. The molecule has 22 heavy (non-hydrogen) atoms. The van der Waals surface area contributed by atoms with Gasteiger partial charge in [-0.1, -0.05) is 45.0 Å². The maximum absolute atomic E-state index is 11.6. The first-order chi connectivity index (χ1) is 10.3. The van der Waals surface area contributed by atoms with Crippen LogP contribution in [0.2, 0.25) is 0 Å². The molecule has 4 heteroatoms. The summed E-state index contributed by atoms with van der Waals surface area (Å²) in [6.07, 6.45) is 2.75. The van der Waals surface area contributed by atoms with Gasteiger partial charge in [0, 0.05) is 19.4 Å². The van der Waals surface area contributed by atoms with E-state index in [2.05, 4.69) is 50.4 Å². The van der Waals surface area contributed by atoms with Crippen molar-refractivity contribution < 1.29 is 14.7 Å². The van der Waals surface area contributed by atoms with Crippen molar-refractivity contribution in [2.75, 3.05) is 6.54 Å². The number of rotatable bonds is 8. The van der Waals surface area contributed by atoms with E-state index in [4.69, 9.17) is 5.11 Å². The zero-order valence-corrected chi connectivity index (χ0v) is 13.8. The second-order valence-electron chi connectivity index (χ2n) is 6.65. The van der Waals surface area contributed by atoms with Crippen LogP contribution in [-0.2, 0) is 21.4 Å². The van der Waals surface area contributed by atoms with Crippen LogP contribution in [0.3, 0.4) is 0 Å². The number of carbonyl (C=O) groups excluding carboxylic acids is 1. The smallest absolute Gasteiger partial charge is 0.303 e. The molecule has 1 aromatic carbocycles. The molecule has 0 aliphatic rings. The molecule has 0 aliphatic heterocycles. The van der Waals surface area contributed by atoms with Crippen LogP contribution < -0.4 is 5.32 Å². The van der Waals surface area contributed by atoms with E-state index < -0.39 is 5.97 Å². The monoisotopic (exact) mass is 305 g/mol. The summed E-state index contributed by atoms with van der Waals surface area (Å²) in [5.74, 6) is -0.829. The number of nitrogens with one attached hydrogen (secondary N) is 1. The van der Waals surface area contributed by atoms with Crippen LogP contribution in [0.5, 0.6) is 0 Å². The fraction of sp³-hybridized carbons (Fsp3) is 0.556. The quantitative estimate of drug-likeness (QED) is 0.724. The number of benzene rings is 1. The molecule has 0 saturated heterocycles. The minimum Gasteiger partial charge on any atom is -0.481 e. The summed E-state index contributed by atoms with van der Waals surface area (Å²) in [4.78, 5) is 22.0.